The van der Waals surface area contributed by atoms with Crippen molar-refractivity contribution in [2.75, 3.05) is 31.2 Å². The van der Waals surface area contributed by atoms with Crippen LogP contribution < -0.4 is 10.6 Å². The fourth-order valence-electron chi connectivity index (χ4n) is 2.63. The molecule has 0 bridgehead atoms. The van der Waals surface area contributed by atoms with Crippen LogP contribution in [0.1, 0.15) is 11.1 Å². The second-order valence-corrected chi connectivity index (χ2v) is 5.43. The number of benzene rings is 1. The third-order valence-electron chi connectivity index (χ3n) is 3.72. The van der Waals surface area contributed by atoms with Crippen LogP contribution in [0.5, 0.6) is 0 Å². The maximum Gasteiger partial charge on any atom is 0.241 e. The third-order valence-corrected chi connectivity index (χ3v) is 3.72. The molecule has 2 heterocycles. The van der Waals surface area contributed by atoms with E-state index in [1.54, 1.807) is 6.08 Å². The number of ether oxygens (including phenoxy) is 1. The molecule has 2 N–H and O–H groups in total. The number of carbonyl (C=O) groups is 1. The first-order valence-corrected chi connectivity index (χ1v) is 7.35. The minimum Gasteiger partial charge on any atom is -0.378 e. The SMILES string of the molecule is Cc1ccc2nc(N3CCOCC3)c(/C=C/C(N)=O)cc2c1. The molecule has 5 heteroatoms. The highest BCUT2D eigenvalue weighted by Gasteiger charge is 2.16. The number of carbonyl (C=O) groups excluding carboxylic acids is 1. The lowest BCUT2D eigenvalue weighted by Gasteiger charge is -2.29. The molecule has 0 atom stereocenters. The van der Waals surface area contributed by atoms with Crippen LogP contribution in [-0.4, -0.2) is 37.2 Å². The number of fused-ring (bicyclic) bond motifs is 1. The smallest absolute Gasteiger partial charge is 0.241 e. The molecule has 0 radical (unpaired) electrons. The van der Waals surface area contributed by atoms with Crippen molar-refractivity contribution in [2.24, 2.45) is 5.73 Å². The minimum atomic E-state index is -0.461. The van der Waals surface area contributed by atoms with Gasteiger partial charge in [0.1, 0.15) is 5.82 Å². The number of anilines is 1. The number of hydrogen-bond donors (Lipinski definition) is 1. The number of rotatable bonds is 3. The number of nitrogens with two attached hydrogens (primary N) is 1. The van der Waals surface area contributed by atoms with Crippen molar-refractivity contribution in [3.63, 3.8) is 0 Å². The maximum absolute atomic E-state index is 11.1. The molecule has 1 aromatic heterocycles. The summed E-state index contributed by atoms with van der Waals surface area (Å²) in [6, 6.07) is 8.22. The second kappa shape index (κ2) is 6.15. The Bertz CT molecular complexity index is 734. The fourth-order valence-corrected chi connectivity index (χ4v) is 2.63. The van der Waals surface area contributed by atoms with E-state index in [4.69, 9.17) is 15.5 Å². The average Bonchev–Trinajstić information content (AvgIpc) is 2.52. The molecule has 1 fully saturated rings. The molecule has 1 saturated heterocycles. The van der Waals surface area contributed by atoms with Gasteiger partial charge in [0.15, 0.2) is 0 Å². The predicted octanol–water partition coefficient (Wildman–Crippen LogP) is 1.88. The van der Waals surface area contributed by atoms with Crippen LogP contribution in [0.3, 0.4) is 0 Å². The normalized spacial score (nSPS) is 15.6. The third kappa shape index (κ3) is 3.09. The Hall–Kier alpha value is -2.40. The maximum atomic E-state index is 11.1. The van der Waals surface area contributed by atoms with Crippen molar-refractivity contribution in [3.8, 4) is 0 Å². The molecule has 0 unspecified atom stereocenters. The van der Waals surface area contributed by atoms with E-state index in [2.05, 4.69) is 23.1 Å². The standard InChI is InChI=1S/C17H19N3O2/c1-12-2-4-15-14(10-12)11-13(3-5-16(18)21)17(19-15)20-6-8-22-9-7-20/h2-5,10-11H,6-9H2,1H3,(H2,18,21)/b5-3+. The molecule has 0 saturated carbocycles. The first-order chi connectivity index (χ1) is 10.6. The van der Waals surface area contributed by atoms with E-state index in [-0.39, 0.29) is 0 Å². The Kier molecular flexibility index (Phi) is 4.06. The predicted molar refractivity (Wildman–Crippen MR) is 87.7 cm³/mol. The Balaban J connectivity index is 2.11. The highest BCUT2D eigenvalue weighted by atomic mass is 16.5. The van der Waals surface area contributed by atoms with E-state index in [0.29, 0.717) is 13.2 Å². The molecule has 3 rings (SSSR count). The first kappa shape index (κ1) is 14.5. The summed E-state index contributed by atoms with van der Waals surface area (Å²) in [5.41, 5.74) is 8.25. The van der Waals surface area contributed by atoms with Gasteiger partial charge in [-0.3, -0.25) is 4.79 Å². The molecule has 5 nitrogen and oxygen atoms in total. The average molecular weight is 297 g/mol. The van der Waals surface area contributed by atoms with Gasteiger partial charge in [-0.05, 0) is 31.2 Å². The lowest BCUT2D eigenvalue weighted by Crippen LogP contribution is -2.37. The number of hydrogen-bond acceptors (Lipinski definition) is 4. The molecule has 22 heavy (non-hydrogen) atoms. The van der Waals surface area contributed by atoms with Gasteiger partial charge in [-0.25, -0.2) is 4.98 Å². The summed E-state index contributed by atoms with van der Waals surface area (Å²) in [6.07, 6.45) is 3.12. The molecule has 1 aliphatic heterocycles. The van der Waals surface area contributed by atoms with Crippen molar-refractivity contribution in [3.05, 3.63) is 41.5 Å². The summed E-state index contributed by atoms with van der Waals surface area (Å²) in [5.74, 6) is 0.411. The molecular weight excluding hydrogens is 278 g/mol. The molecule has 0 aliphatic carbocycles. The van der Waals surface area contributed by atoms with Gasteiger partial charge in [-0.2, -0.15) is 0 Å². The molecule has 1 aliphatic rings. The summed E-state index contributed by atoms with van der Waals surface area (Å²) in [7, 11) is 0. The topological polar surface area (TPSA) is 68.5 Å². The number of pyridine rings is 1. The molecule has 0 spiro atoms. The fraction of sp³-hybridized carbons (Fsp3) is 0.294. The van der Waals surface area contributed by atoms with Crippen LogP contribution in [0, 0.1) is 6.92 Å². The number of morpholine rings is 1. The summed E-state index contributed by atoms with van der Waals surface area (Å²) < 4.78 is 5.40. The molecule has 114 valence electrons. The van der Waals surface area contributed by atoms with Crippen LogP contribution in [0.15, 0.2) is 30.3 Å². The van der Waals surface area contributed by atoms with Crippen molar-refractivity contribution in [1.29, 1.82) is 0 Å². The quantitative estimate of drug-likeness (QED) is 0.878. The Morgan fingerprint density at radius 2 is 2.09 bits per heavy atom. The summed E-state index contributed by atoms with van der Waals surface area (Å²) in [4.78, 5) is 18.0. The van der Waals surface area contributed by atoms with Crippen LogP contribution >= 0.6 is 0 Å². The summed E-state index contributed by atoms with van der Waals surface area (Å²) in [6.45, 7) is 5.01. The number of amides is 1. The first-order valence-electron chi connectivity index (χ1n) is 7.35. The molecule has 1 aromatic carbocycles. The van der Waals surface area contributed by atoms with Gasteiger partial charge in [0, 0.05) is 30.1 Å². The van der Waals surface area contributed by atoms with Crippen LogP contribution in [0.25, 0.3) is 17.0 Å². The lowest BCUT2D eigenvalue weighted by molar-refractivity contribution is -0.113. The highest BCUT2D eigenvalue weighted by molar-refractivity contribution is 5.93. The minimum absolute atomic E-state index is 0.461. The van der Waals surface area contributed by atoms with E-state index < -0.39 is 5.91 Å². The van der Waals surface area contributed by atoms with Gasteiger partial charge in [-0.15, -0.1) is 0 Å². The van der Waals surface area contributed by atoms with Gasteiger partial charge >= 0.3 is 0 Å². The van der Waals surface area contributed by atoms with E-state index in [9.17, 15) is 4.79 Å². The zero-order valence-corrected chi connectivity index (χ0v) is 12.6. The van der Waals surface area contributed by atoms with E-state index >= 15 is 0 Å². The second-order valence-electron chi connectivity index (χ2n) is 5.43. The number of primary amides is 1. The Morgan fingerprint density at radius 3 is 2.82 bits per heavy atom. The van der Waals surface area contributed by atoms with E-state index in [1.165, 1.54) is 11.6 Å². The van der Waals surface area contributed by atoms with Crippen LogP contribution in [0.2, 0.25) is 0 Å². The Morgan fingerprint density at radius 1 is 1.32 bits per heavy atom. The largest absolute Gasteiger partial charge is 0.378 e. The summed E-state index contributed by atoms with van der Waals surface area (Å²) >= 11 is 0. The molecular formula is C17H19N3O2. The number of aryl methyl sites for hydroxylation is 1. The van der Waals surface area contributed by atoms with Crippen molar-refractivity contribution in [1.82, 2.24) is 4.98 Å². The van der Waals surface area contributed by atoms with Crippen LogP contribution in [-0.2, 0) is 9.53 Å². The lowest BCUT2D eigenvalue weighted by atomic mass is 10.1. The number of aromatic nitrogens is 1. The number of nitrogens with zero attached hydrogens (tertiary/aromatic N) is 2. The van der Waals surface area contributed by atoms with Gasteiger partial charge in [0.05, 0.1) is 18.7 Å². The van der Waals surface area contributed by atoms with Gasteiger partial charge in [-0.1, -0.05) is 11.6 Å². The van der Waals surface area contributed by atoms with Crippen LogP contribution in [0.4, 0.5) is 5.82 Å². The van der Waals surface area contributed by atoms with Gasteiger partial charge in [0.25, 0.3) is 0 Å². The Labute approximate surface area is 129 Å². The highest BCUT2D eigenvalue weighted by Crippen LogP contribution is 2.26. The van der Waals surface area contributed by atoms with Crippen molar-refractivity contribution in [2.45, 2.75) is 6.92 Å². The monoisotopic (exact) mass is 297 g/mol. The van der Waals surface area contributed by atoms with Crippen molar-refractivity contribution < 1.29 is 9.53 Å². The van der Waals surface area contributed by atoms with E-state index in [0.717, 1.165) is 35.4 Å². The van der Waals surface area contributed by atoms with Crippen molar-refractivity contribution >= 4 is 28.7 Å². The summed E-state index contributed by atoms with van der Waals surface area (Å²) in [5, 5.41) is 1.06. The zero-order valence-electron chi connectivity index (χ0n) is 12.6. The van der Waals surface area contributed by atoms with Gasteiger partial charge in [0.2, 0.25) is 5.91 Å². The zero-order chi connectivity index (χ0) is 15.5. The van der Waals surface area contributed by atoms with Gasteiger partial charge < -0.3 is 15.4 Å². The van der Waals surface area contributed by atoms with E-state index in [1.807, 2.05) is 13.0 Å². The molecule has 2 aromatic rings. The molecule has 1 amide bonds.